The van der Waals surface area contributed by atoms with Gasteiger partial charge in [-0.15, -0.1) is 0 Å². The molecule has 15 nitrogen and oxygen atoms in total. The fourth-order valence-corrected chi connectivity index (χ4v) is 13.5. The summed E-state index contributed by atoms with van der Waals surface area (Å²) in [6.07, 6.45) is 11.1. The molecule has 3 saturated carbocycles. The second kappa shape index (κ2) is 18.2. The summed E-state index contributed by atoms with van der Waals surface area (Å²) < 4.78 is 73.4. The molecule has 0 radical (unpaired) electrons. The van der Waals surface area contributed by atoms with Crippen LogP contribution in [0.2, 0.25) is 0 Å². The second-order valence-corrected chi connectivity index (χ2v) is 22.8. The normalized spacial score (nSPS) is 30.3. The molecule has 0 spiro atoms. The number of para-hydroxylation sites is 1. The number of aromatic nitrogens is 1. The number of carbonyl (C=O) groups excluding carboxylic acids is 4. The van der Waals surface area contributed by atoms with Gasteiger partial charge in [0.05, 0.1) is 0 Å². The fraction of sp³-hybridized carbons (Fsp3) is 0.605. The standard InChI is InChI=1S/C43H53F2IN5O10S/c1-2-34-43(46-34,40(55)50-62(57,58)28-19-20-28)49-37(53)32-21-27-22-51(32)39(54)35(26-12-6-7-13-26)48-41(56)61-33-18-10-14-25(33)11-4-3-5-16-30-36(59-24-42(44,45)23-52)29-15-8-9-17-31(29)47-38(30)60-27/h2-3,5,8-9,15,17,25-28,32-35,52H,1,4,6-7,10-14,16,18-24H2,(H,48,56)(H,49,53)(H,50,55)/q-1/b5-3+/t25-,27-,32+,33-,34+,35+,43-/m1/s1. The van der Waals surface area contributed by atoms with Crippen LogP contribution in [0.5, 0.6) is 11.6 Å². The molecule has 0 unspecified atom stereocenters. The van der Waals surface area contributed by atoms with Crippen LogP contribution in [-0.4, -0.2) is 110 Å². The topological polar surface area (TPSA) is 203 Å². The number of allylic oxidation sites excluding steroid dienone is 2. The monoisotopic (exact) mass is 996 g/mol. The summed E-state index contributed by atoms with van der Waals surface area (Å²) in [7, 11) is -3.95. The Morgan fingerprint density at radius 2 is 1.82 bits per heavy atom. The molecule has 19 heteroatoms. The number of aliphatic hydroxyl groups is 1. The SMILES string of the molecule is C=C[C@@H]1[I-][C@]1(NC(=O)[C@@H]1C[C@@H]2CN1C(=O)[C@H](C1CCCC1)NC(=O)O[C@@H]1CCC[C@H]1CC/C=C/Cc1c(nc3ccccc3c1OCC(F)(F)CO)O2)C(=O)NS(=O)(=O)C1CC1. The number of sulfonamides is 1. The average molecular weight is 997 g/mol. The first-order chi connectivity index (χ1) is 29.7. The number of hydrogen-bond donors (Lipinski definition) is 4. The van der Waals surface area contributed by atoms with Gasteiger partial charge in [0.2, 0.25) is 0 Å². The van der Waals surface area contributed by atoms with Crippen molar-refractivity contribution in [3.63, 3.8) is 0 Å². The van der Waals surface area contributed by atoms with Crippen LogP contribution in [0.25, 0.3) is 10.9 Å². The van der Waals surface area contributed by atoms with Crippen molar-refractivity contribution in [1.29, 1.82) is 0 Å². The number of amides is 4. The second-order valence-electron chi connectivity index (χ2n) is 17.2. The quantitative estimate of drug-likeness (QED) is 0.108. The first-order valence-corrected chi connectivity index (χ1v) is 25.4. The molecule has 8 rings (SSSR count). The van der Waals surface area contributed by atoms with Gasteiger partial charge >= 0.3 is 319 Å². The van der Waals surface area contributed by atoms with Crippen molar-refractivity contribution < 1.29 is 76.9 Å². The fourth-order valence-electron chi connectivity index (χ4n) is 9.28. The number of nitrogens with zero attached hydrogens (tertiary/aromatic N) is 2. The van der Waals surface area contributed by atoms with Gasteiger partial charge in [0.1, 0.15) is 6.61 Å². The maximum atomic E-state index is 15.0. The van der Waals surface area contributed by atoms with Gasteiger partial charge in [-0.2, -0.15) is 0 Å². The van der Waals surface area contributed by atoms with Crippen LogP contribution >= 0.6 is 0 Å². The van der Waals surface area contributed by atoms with Crippen LogP contribution in [0.1, 0.15) is 82.6 Å². The van der Waals surface area contributed by atoms with E-state index < -0.39 is 105 Å². The summed E-state index contributed by atoms with van der Waals surface area (Å²) in [5.74, 6) is -5.66. The van der Waals surface area contributed by atoms with Crippen molar-refractivity contribution in [2.24, 2.45) is 11.8 Å². The van der Waals surface area contributed by atoms with Crippen LogP contribution in [0.15, 0.2) is 49.1 Å². The molecule has 2 aromatic rings. The molecule has 1 aromatic carbocycles. The van der Waals surface area contributed by atoms with E-state index in [2.05, 4.69) is 21.9 Å². The minimum atomic E-state index is -3.95. The van der Waals surface area contributed by atoms with Gasteiger partial charge in [0.25, 0.3) is 0 Å². The van der Waals surface area contributed by atoms with E-state index in [0.29, 0.717) is 55.0 Å². The number of pyridine rings is 1. The van der Waals surface area contributed by atoms with Crippen LogP contribution in [-0.2, 0) is 35.6 Å². The Labute approximate surface area is 369 Å². The number of fused-ring (bicyclic) bond motifs is 5. The number of alkyl halides is 4. The molecule has 2 bridgehead atoms. The summed E-state index contributed by atoms with van der Waals surface area (Å²) >= 11 is -1.12. The van der Waals surface area contributed by atoms with E-state index in [1.807, 2.05) is 12.2 Å². The number of aliphatic hydroxyl groups excluding tert-OH is 1. The third-order valence-corrected chi connectivity index (χ3v) is 18.5. The van der Waals surface area contributed by atoms with Crippen molar-refractivity contribution in [2.75, 3.05) is 19.8 Å². The first kappa shape index (κ1) is 44.5. The Bertz CT molecular complexity index is 2220. The van der Waals surface area contributed by atoms with Crippen LogP contribution in [0, 0.1) is 11.8 Å². The molecular formula is C43H53F2IN5O10S-. The van der Waals surface area contributed by atoms with Gasteiger partial charge in [-0.05, 0) is 25.7 Å². The van der Waals surface area contributed by atoms with Gasteiger partial charge in [-0.25, -0.2) is 8.78 Å². The summed E-state index contributed by atoms with van der Waals surface area (Å²) in [6, 6.07) is 4.53. The van der Waals surface area contributed by atoms with Crippen molar-refractivity contribution in [1.82, 2.24) is 25.2 Å². The van der Waals surface area contributed by atoms with E-state index in [4.69, 9.17) is 19.2 Å². The molecule has 3 aliphatic heterocycles. The zero-order valence-corrected chi connectivity index (χ0v) is 37.2. The predicted molar refractivity (Wildman–Crippen MR) is 217 cm³/mol. The van der Waals surface area contributed by atoms with E-state index in [1.54, 1.807) is 24.3 Å². The number of nitrogens with one attached hydrogen (secondary N) is 3. The zero-order chi connectivity index (χ0) is 43.8. The molecule has 62 heavy (non-hydrogen) atoms. The van der Waals surface area contributed by atoms with Crippen molar-refractivity contribution >= 4 is 44.7 Å². The van der Waals surface area contributed by atoms with Gasteiger partial charge < -0.3 is 5.11 Å². The van der Waals surface area contributed by atoms with Gasteiger partial charge in [0, 0.05) is 0 Å². The Kier molecular flexibility index (Phi) is 13.0. The molecular weight excluding hydrogens is 943 g/mol. The molecule has 338 valence electrons. The molecule has 7 atom stereocenters. The summed E-state index contributed by atoms with van der Waals surface area (Å²) in [6.45, 7) is 1.12. The Hall–Kier alpha value is -4.11. The van der Waals surface area contributed by atoms with E-state index in [9.17, 15) is 41.5 Å². The molecule has 1 aromatic heterocycles. The first-order valence-electron chi connectivity index (χ1n) is 21.5. The number of halogens is 3. The van der Waals surface area contributed by atoms with Gasteiger partial charge in [0.15, 0.2) is 0 Å². The van der Waals surface area contributed by atoms with E-state index in [1.165, 1.54) is 11.0 Å². The molecule has 4 amide bonds. The minimum absolute atomic E-state index is 0.0426. The number of benzene rings is 1. The third kappa shape index (κ3) is 9.54. The summed E-state index contributed by atoms with van der Waals surface area (Å²) in [5.41, 5.74) is 0.723. The zero-order valence-electron chi connectivity index (χ0n) is 34.2. The van der Waals surface area contributed by atoms with E-state index in [-0.39, 0.29) is 49.0 Å². The number of hydrogen-bond acceptors (Lipinski definition) is 11. The van der Waals surface area contributed by atoms with Crippen LogP contribution in [0.3, 0.4) is 0 Å². The van der Waals surface area contributed by atoms with E-state index in [0.717, 1.165) is 32.1 Å². The third-order valence-electron chi connectivity index (χ3n) is 12.8. The molecule has 4 heterocycles. The van der Waals surface area contributed by atoms with Gasteiger partial charge in [-0.1, -0.05) is 6.07 Å². The molecule has 5 fully saturated rings. The predicted octanol–water partition coefficient (Wildman–Crippen LogP) is 1.01. The van der Waals surface area contributed by atoms with Crippen LogP contribution < -0.4 is 46.0 Å². The van der Waals surface area contributed by atoms with Gasteiger partial charge in [-0.3, -0.25) is 0 Å². The molecule has 6 aliphatic rings. The molecule has 3 aliphatic carbocycles. The van der Waals surface area contributed by atoms with Crippen molar-refractivity contribution in [3.8, 4) is 11.6 Å². The van der Waals surface area contributed by atoms with Crippen LogP contribution in [0.4, 0.5) is 13.6 Å². The number of rotatable bonds is 11. The maximum absolute atomic E-state index is 15.0. The summed E-state index contributed by atoms with van der Waals surface area (Å²) in [4.78, 5) is 63.1. The number of alkyl carbamates (subject to hydrolysis) is 1. The van der Waals surface area contributed by atoms with Crippen molar-refractivity contribution in [2.45, 2.75) is 126 Å². The number of carbonyl (C=O) groups is 4. The average Bonchev–Trinajstić information content (AvgIpc) is 4.04. The molecule has 2 saturated heterocycles. The van der Waals surface area contributed by atoms with Crippen molar-refractivity contribution in [3.05, 3.63) is 54.6 Å². The molecule has 4 N–H and O–H groups in total. The Morgan fingerprint density at radius 3 is 2.55 bits per heavy atom. The number of ether oxygens (including phenoxy) is 3. The Morgan fingerprint density at radius 1 is 1.06 bits per heavy atom. The van der Waals surface area contributed by atoms with E-state index >= 15 is 0 Å². The Balaban J connectivity index is 1.17. The summed E-state index contributed by atoms with van der Waals surface area (Å²) in [5, 5.41) is 14.9.